The highest BCUT2D eigenvalue weighted by molar-refractivity contribution is 8.61. The van der Waals surface area contributed by atoms with E-state index in [4.69, 9.17) is 4.74 Å². The standard InChI is InChI=1S/C8H20OP4/c1-2-3-4-7-5-6-9-8(7)13(11)12-10/h7-8,12H,2-6,10-11H2,1H3/t7-,8-,13?/m0/s1. The Balaban J connectivity index is 2.34. The van der Waals surface area contributed by atoms with Crippen LogP contribution in [0.5, 0.6) is 0 Å². The van der Waals surface area contributed by atoms with E-state index in [-0.39, 0.29) is 7.30 Å². The van der Waals surface area contributed by atoms with Crippen molar-refractivity contribution in [3.63, 3.8) is 0 Å². The summed E-state index contributed by atoms with van der Waals surface area (Å²) in [7, 11) is 6.89. The van der Waals surface area contributed by atoms with E-state index in [9.17, 15) is 0 Å². The van der Waals surface area contributed by atoms with Crippen molar-refractivity contribution >= 4 is 33.1 Å². The molecule has 0 aliphatic carbocycles. The Morgan fingerprint density at radius 1 is 1.62 bits per heavy atom. The fourth-order valence-electron chi connectivity index (χ4n) is 1.75. The van der Waals surface area contributed by atoms with E-state index < -0.39 is 0 Å². The molecule has 6 atom stereocenters. The molecule has 5 heteroatoms. The maximum atomic E-state index is 5.82. The molecule has 0 aromatic heterocycles. The van der Waals surface area contributed by atoms with Crippen molar-refractivity contribution in [2.75, 3.05) is 6.61 Å². The van der Waals surface area contributed by atoms with Crippen molar-refractivity contribution in [2.24, 2.45) is 5.92 Å². The highest BCUT2D eigenvalue weighted by Crippen LogP contribution is 2.71. The molecule has 0 aromatic rings. The quantitative estimate of drug-likeness (QED) is 0.670. The molecule has 0 spiro atoms. The zero-order valence-corrected chi connectivity index (χ0v) is 12.4. The SMILES string of the molecule is CCCC[C@H]1CCO[C@H]1P(P)PP. The third-order valence-electron chi connectivity index (χ3n) is 2.53. The van der Waals surface area contributed by atoms with Gasteiger partial charge in [-0.25, -0.2) is 0 Å². The van der Waals surface area contributed by atoms with E-state index in [2.05, 4.69) is 24.8 Å². The van der Waals surface area contributed by atoms with Crippen LogP contribution in [0.2, 0.25) is 0 Å². The molecule has 0 bridgehead atoms. The Kier molecular flexibility index (Phi) is 6.90. The predicted octanol–water partition coefficient (Wildman–Crippen LogP) is 4.19. The zero-order valence-electron chi connectivity index (χ0n) is 8.20. The molecule has 1 nitrogen and oxygen atoms in total. The van der Waals surface area contributed by atoms with Gasteiger partial charge in [0.05, 0.1) is 5.85 Å². The van der Waals surface area contributed by atoms with Crippen molar-refractivity contribution < 1.29 is 4.74 Å². The van der Waals surface area contributed by atoms with Gasteiger partial charge in [0.2, 0.25) is 0 Å². The summed E-state index contributed by atoms with van der Waals surface area (Å²) in [6, 6.07) is 0. The van der Waals surface area contributed by atoms with E-state index in [0.29, 0.717) is 5.85 Å². The van der Waals surface area contributed by atoms with Gasteiger partial charge in [-0.2, -0.15) is 0 Å². The normalized spacial score (nSPS) is 31.6. The van der Waals surface area contributed by atoms with Crippen LogP contribution in [0.1, 0.15) is 32.6 Å². The average Bonchev–Trinajstić information content (AvgIpc) is 2.61. The number of rotatable bonds is 5. The lowest BCUT2D eigenvalue weighted by molar-refractivity contribution is 0.154. The van der Waals surface area contributed by atoms with E-state index in [1.165, 1.54) is 25.7 Å². The van der Waals surface area contributed by atoms with Crippen LogP contribution in [0, 0.1) is 5.92 Å². The third kappa shape index (κ3) is 3.97. The van der Waals surface area contributed by atoms with E-state index >= 15 is 0 Å². The monoisotopic (exact) mass is 256 g/mol. The molecule has 1 aliphatic heterocycles. The summed E-state index contributed by atoms with van der Waals surface area (Å²) in [6.07, 6.45) is 5.37. The Morgan fingerprint density at radius 3 is 3.00 bits per heavy atom. The number of ether oxygens (including phenoxy) is 1. The van der Waals surface area contributed by atoms with Gasteiger partial charge in [0.25, 0.3) is 0 Å². The molecule has 1 saturated heterocycles. The molecule has 0 saturated carbocycles. The van der Waals surface area contributed by atoms with Gasteiger partial charge in [-0.3, -0.25) is 0 Å². The van der Waals surface area contributed by atoms with Crippen LogP contribution in [0.4, 0.5) is 0 Å². The van der Waals surface area contributed by atoms with Crippen LogP contribution >= 0.6 is 33.1 Å². The van der Waals surface area contributed by atoms with Crippen LogP contribution in [-0.4, -0.2) is 12.5 Å². The molecule has 0 amide bonds. The van der Waals surface area contributed by atoms with Crippen LogP contribution in [-0.2, 0) is 4.74 Å². The highest BCUT2D eigenvalue weighted by atomic mass is 32.6. The van der Waals surface area contributed by atoms with Gasteiger partial charge in [0.15, 0.2) is 0 Å². The lowest BCUT2D eigenvalue weighted by atomic mass is 10.0. The summed E-state index contributed by atoms with van der Waals surface area (Å²) < 4.78 is 5.82. The number of hydrogen-bond donors (Lipinski definition) is 0. The van der Waals surface area contributed by atoms with Gasteiger partial charge in [-0.05, 0) is 26.1 Å². The molecule has 0 N–H and O–H groups in total. The van der Waals surface area contributed by atoms with E-state index in [1.807, 2.05) is 0 Å². The van der Waals surface area contributed by atoms with Crippen LogP contribution < -0.4 is 0 Å². The van der Waals surface area contributed by atoms with Gasteiger partial charge in [0, 0.05) is 6.61 Å². The molecule has 0 radical (unpaired) electrons. The third-order valence-corrected chi connectivity index (χ3v) is 13.2. The van der Waals surface area contributed by atoms with Crippen molar-refractivity contribution in [3.05, 3.63) is 0 Å². The fraction of sp³-hybridized carbons (Fsp3) is 1.00. The van der Waals surface area contributed by atoms with Gasteiger partial charge >= 0.3 is 0 Å². The van der Waals surface area contributed by atoms with E-state index in [1.54, 1.807) is 0 Å². The molecule has 1 rings (SSSR count). The number of hydrogen-bond acceptors (Lipinski definition) is 1. The lowest BCUT2D eigenvalue weighted by Crippen LogP contribution is -2.10. The minimum absolute atomic E-state index is 0.0498. The Labute approximate surface area is 89.2 Å². The minimum Gasteiger partial charge on any atom is -0.373 e. The van der Waals surface area contributed by atoms with Crippen molar-refractivity contribution in [3.8, 4) is 0 Å². The first-order valence-corrected chi connectivity index (χ1v) is 11.6. The first-order valence-electron chi connectivity index (χ1n) is 4.91. The zero-order chi connectivity index (χ0) is 9.68. The Morgan fingerprint density at radius 2 is 2.38 bits per heavy atom. The first kappa shape index (κ1) is 12.7. The largest absolute Gasteiger partial charge is 0.373 e. The second-order valence-electron chi connectivity index (χ2n) is 3.49. The lowest BCUT2D eigenvalue weighted by Gasteiger charge is -2.23. The molecular formula is C8H20OP4. The van der Waals surface area contributed by atoms with Crippen LogP contribution in [0.3, 0.4) is 0 Å². The van der Waals surface area contributed by atoms with Crippen LogP contribution in [0.15, 0.2) is 0 Å². The van der Waals surface area contributed by atoms with E-state index in [0.717, 1.165) is 20.5 Å². The fourth-order valence-corrected chi connectivity index (χ4v) is 6.53. The minimum atomic E-state index is 0.0498. The molecular weight excluding hydrogens is 236 g/mol. The first-order chi connectivity index (χ1) is 6.29. The Bertz CT molecular complexity index is 144. The molecule has 13 heavy (non-hydrogen) atoms. The second kappa shape index (κ2) is 7.04. The molecule has 1 heterocycles. The summed E-state index contributed by atoms with van der Waals surface area (Å²) in [5.41, 5.74) is 0. The van der Waals surface area contributed by atoms with Gasteiger partial charge in [-0.1, -0.05) is 27.7 Å². The second-order valence-corrected chi connectivity index (χ2v) is 12.9. The topological polar surface area (TPSA) is 9.23 Å². The molecule has 0 aromatic carbocycles. The average molecular weight is 256 g/mol. The van der Waals surface area contributed by atoms with Crippen molar-refractivity contribution in [2.45, 2.75) is 38.5 Å². The van der Waals surface area contributed by atoms with Crippen molar-refractivity contribution in [1.82, 2.24) is 0 Å². The Hall–Kier alpha value is 1.68. The predicted molar refractivity (Wildman–Crippen MR) is 72.0 cm³/mol. The smallest absolute Gasteiger partial charge is 0.0869 e. The van der Waals surface area contributed by atoms with Gasteiger partial charge in [0.1, 0.15) is 0 Å². The summed E-state index contributed by atoms with van der Waals surface area (Å²) in [6.45, 7) is 3.27. The van der Waals surface area contributed by atoms with Gasteiger partial charge in [-0.15, -0.1) is 17.9 Å². The number of unbranched alkanes of at least 4 members (excludes halogenated alkanes) is 1. The molecule has 1 aliphatic rings. The summed E-state index contributed by atoms with van der Waals surface area (Å²) in [4.78, 5) is 0. The maximum absolute atomic E-state index is 5.82. The molecule has 4 unspecified atom stereocenters. The van der Waals surface area contributed by atoms with Gasteiger partial charge < -0.3 is 4.74 Å². The molecule has 1 fully saturated rings. The summed E-state index contributed by atoms with van der Waals surface area (Å²) in [5, 5.41) is 0. The summed E-state index contributed by atoms with van der Waals surface area (Å²) in [5.74, 6) is 1.44. The maximum Gasteiger partial charge on any atom is 0.0869 e. The van der Waals surface area contributed by atoms with Crippen molar-refractivity contribution in [1.29, 1.82) is 0 Å². The summed E-state index contributed by atoms with van der Waals surface area (Å²) >= 11 is 0. The molecule has 78 valence electrons. The van der Waals surface area contributed by atoms with Crippen LogP contribution in [0.25, 0.3) is 0 Å². The highest BCUT2D eigenvalue weighted by Gasteiger charge is 2.31.